The zero-order chi connectivity index (χ0) is 17.6. The maximum Gasteiger partial charge on any atom is 0.410 e. The highest BCUT2D eigenvalue weighted by Crippen LogP contribution is 2.44. The van der Waals surface area contributed by atoms with Crippen LogP contribution in [0.3, 0.4) is 0 Å². The first-order chi connectivity index (χ1) is 11.9. The van der Waals surface area contributed by atoms with Gasteiger partial charge in [0.15, 0.2) is 11.7 Å². The van der Waals surface area contributed by atoms with Crippen molar-refractivity contribution in [2.24, 2.45) is 0 Å². The highest BCUT2D eigenvalue weighted by atomic mass is 32.1. The van der Waals surface area contributed by atoms with Crippen molar-refractivity contribution < 1.29 is 18.0 Å². The van der Waals surface area contributed by atoms with Crippen LogP contribution in [0.4, 0.5) is 19.0 Å². The summed E-state index contributed by atoms with van der Waals surface area (Å²) in [6, 6.07) is 2.90. The van der Waals surface area contributed by atoms with Crippen molar-refractivity contribution in [3.8, 4) is 0 Å². The third-order valence-corrected chi connectivity index (χ3v) is 5.67. The Morgan fingerprint density at radius 3 is 2.72 bits per heavy atom. The van der Waals surface area contributed by atoms with Crippen LogP contribution in [0.2, 0.25) is 0 Å². The van der Waals surface area contributed by atoms with Crippen LogP contribution in [0, 0.1) is 0 Å². The van der Waals surface area contributed by atoms with Crippen molar-refractivity contribution in [3.05, 3.63) is 34.2 Å². The minimum atomic E-state index is -4.42. The number of anilines is 1. The number of likely N-dealkylation sites (tertiary alicyclic amines) is 1. The van der Waals surface area contributed by atoms with E-state index >= 15 is 0 Å². The Balaban J connectivity index is 1.68. The number of aromatic nitrogens is 2. The molecular weight excluding hydrogens is 353 g/mol. The molecule has 0 unspecified atom stereocenters. The fourth-order valence-corrected chi connectivity index (χ4v) is 4.23. The lowest BCUT2D eigenvalue weighted by Crippen LogP contribution is -2.35. The van der Waals surface area contributed by atoms with E-state index in [0.717, 1.165) is 22.4 Å². The van der Waals surface area contributed by atoms with Crippen molar-refractivity contribution in [1.82, 2.24) is 14.7 Å². The molecule has 0 aliphatic carbocycles. The molecule has 4 heterocycles. The van der Waals surface area contributed by atoms with E-state index in [1.165, 1.54) is 17.4 Å². The minimum absolute atomic E-state index is 0.0745. The zero-order valence-electron chi connectivity index (χ0n) is 13.3. The molecule has 9 heteroatoms. The SMILES string of the molecule is O=C(c1cc2n(n1)[C@H](C(F)(F)F)C[C@@H](c1cccs1)N2)N1CCCC1. The predicted octanol–water partition coefficient (Wildman–Crippen LogP) is 3.84. The summed E-state index contributed by atoms with van der Waals surface area (Å²) in [6.07, 6.45) is -2.73. The molecule has 2 atom stereocenters. The van der Waals surface area contributed by atoms with E-state index in [0.29, 0.717) is 13.1 Å². The number of rotatable bonds is 2. The molecule has 0 saturated carbocycles. The van der Waals surface area contributed by atoms with Gasteiger partial charge in [-0.05, 0) is 24.3 Å². The summed E-state index contributed by atoms with van der Waals surface area (Å²) in [7, 11) is 0. The van der Waals surface area contributed by atoms with Gasteiger partial charge in [-0.1, -0.05) is 6.07 Å². The Kier molecular flexibility index (Phi) is 3.98. The first-order valence-corrected chi connectivity index (χ1v) is 9.07. The van der Waals surface area contributed by atoms with Gasteiger partial charge in [-0.25, -0.2) is 4.68 Å². The fourth-order valence-electron chi connectivity index (χ4n) is 3.44. The lowest BCUT2D eigenvalue weighted by Gasteiger charge is -2.32. The number of carbonyl (C=O) groups excluding carboxylic acids is 1. The molecule has 134 valence electrons. The Morgan fingerprint density at radius 2 is 2.08 bits per heavy atom. The van der Waals surface area contributed by atoms with Gasteiger partial charge in [0, 0.05) is 30.5 Å². The molecule has 2 aromatic heterocycles. The molecule has 0 bridgehead atoms. The summed E-state index contributed by atoms with van der Waals surface area (Å²) in [4.78, 5) is 15.0. The first-order valence-electron chi connectivity index (χ1n) is 8.19. The van der Waals surface area contributed by atoms with Crippen molar-refractivity contribution in [3.63, 3.8) is 0 Å². The van der Waals surface area contributed by atoms with Gasteiger partial charge in [0.25, 0.3) is 5.91 Å². The second-order valence-corrected chi connectivity index (χ2v) is 7.34. The molecule has 2 aliphatic heterocycles. The lowest BCUT2D eigenvalue weighted by molar-refractivity contribution is -0.173. The van der Waals surface area contributed by atoms with Gasteiger partial charge >= 0.3 is 6.18 Å². The van der Waals surface area contributed by atoms with Gasteiger partial charge in [0.2, 0.25) is 0 Å². The number of thiophene rings is 1. The standard InChI is InChI=1S/C16H17F3N4OS/c17-16(18,19)13-8-10(12-4-3-7-25-12)20-14-9-11(21-23(13)14)15(24)22-5-1-2-6-22/h3-4,7,9-10,13,20H,1-2,5-6,8H2/t10-,13-/m0/s1. The Morgan fingerprint density at radius 1 is 1.32 bits per heavy atom. The second-order valence-electron chi connectivity index (χ2n) is 6.36. The molecule has 2 aliphatic rings. The number of carbonyl (C=O) groups is 1. The summed E-state index contributed by atoms with van der Waals surface area (Å²) >= 11 is 1.42. The van der Waals surface area contributed by atoms with Crippen LogP contribution in [0.1, 0.15) is 46.7 Å². The molecule has 0 spiro atoms. The molecule has 1 fully saturated rings. The quantitative estimate of drug-likeness (QED) is 0.874. The van der Waals surface area contributed by atoms with E-state index in [2.05, 4.69) is 10.4 Å². The van der Waals surface area contributed by atoms with Gasteiger partial charge in [-0.2, -0.15) is 18.3 Å². The Hall–Kier alpha value is -2.03. The van der Waals surface area contributed by atoms with Crippen LogP contribution < -0.4 is 5.32 Å². The summed E-state index contributed by atoms with van der Waals surface area (Å²) < 4.78 is 41.6. The fraction of sp³-hybridized carbons (Fsp3) is 0.500. The van der Waals surface area contributed by atoms with Gasteiger partial charge in [-0.15, -0.1) is 11.3 Å². The largest absolute Gasteiger partial charge is 0.410 e. The van der Waals surface area contributed by atoms with Gasteiger partial charge < -0.3 is 10.2 Å². The maximum absolute atomic E-state index is 13.6. The van der Waals surface area contributed by atoms with Crippen LogP contribution in [-0.4, -0.2) is 39.9 Å². The van der Waals surface area contributed by atoms with Crippen molar-refractivity contribution >= 4 is 23.1 Å². The minimum Gasteiger partial charge on any atom is -0.363 e. The molecule has 4 rings (SSSR count). The molecule has 0 radical (unpaired) electrons. The Bertz CT molecular complexity index is 765. The molecule has 0 aromatic carbocycles. The van der Waals surface area contributed by atoms with E-state index in [-0.39, 0.29) is 23.8 Å². The highest BCUT2D eigenvalue weighted by Gasteiger charge is 2.47. The first kappa shape index (κ1) is 16.4. The molecule has 1 amide bonds. The van der Waals surface area contributed by atoms with Crippen molar-refractivity contribution in [2.75, 3.05) is 18.4 Å². The van der Waals surface area contributed by atoms with Gasteiger partial charge in [-0.3, -0.25) is 4.79 Å². The second kappa shape index (κ2) is 6.05. The number of nitrogens with one attached hydrogen (secondary N) is 1. The number of amides is 1. The number of halogens is 3. The topological polar surface area (TPSA) is 50.2 Å². The summed E-state index contributed by atoms with van der Waals surface area (Å²) in [5.74, 6) is -0.0516. The smallest absolute Gasteiger partial charge is 0.363 e. The average molecular weight is 370 g/mol. The average Bonchev–Trinajstić information content (AvgIpc) is 3.32. The number of nitrogens with zero attached hydrogens (tertiary/aromatic N) is 3. The van der Waals surface area contributed by atoms with E-state index < -0.39 is 18.3 Å². The molecule has 5 nitrogen and oxygen atoms in total. The number of alkyl halides is 3. The molecule has 25 heavy (non-hydrogen) atoms. The summed E-state index contributed by atoms with van der Waals surface area (Å²) in [5, 5.41) is 8.95. The third-order valence-electron chi connectivity index (χ3n) is 4.69. The predicted molar refractivity (Wildman–Crippen MR) is 87.8 cm³/mol. The van der Waals surface area contributed by atoms with E-state index in [1.54, 1.807) is 4.90 Å². The number of hydrogen-bond acceptors (Lipinski definition) is 4. The normalized spacial score (nSPS) is 23.4. The van der Waals surface area contributed by atoms with Crippen LogP contribution in [-0.2, 0) is 0 Å². The van der Waals surface area contributed by atoms with Crippen LogP contribution in [0.25, 0.3) is 0 Å². The number of hydrogen-bond donors (Lipinski definition) is 1. The third kappa shape index (κ3) is 3.01. The van der Waals surface area contributed by atoms with E-state index in [1.807, 2.05) is 17.5 Å². The monoisotopic (exact) mass is 370 g/mol. The number of fused-ring (bicyclic) bond motifs is 1. The maximum atomic E-state index is 13.6. The molecule has 1 saturated heterocycles. The highest BCUT2D eigenvalue weighted by molar-refractivity contribution is 7.10. The lowest BCUT2D eigenvalue weighted by atomic mass is 10.0. The van der Waals surface area contributed by atoms with Crippen molar-refractivity contribution in [1.29, 1.82) is 0 Å². The van der Waals surface area contributed by atoms with Crippen molar-refractivity contribution in [2.45, 2.75) is 37.5 Å². The Labute approximate surface area is 146 Å². The summed E-state index contributed by atoms with van der Waals surface area (Å²) in [6.45, 7) is 1.27. The molecular formula is C16H17F3N4OS. The van der Waals surface area contributed by atoms with Crippen LogP contribution >= 0.6 is 11.3 Å². The van der Waals surface area contributed by atoms with Gasteiger partial charge in [0.1, 0.15) is 5.82 Å². The van der Waals surface area contributed by atoms with Crippen LogP contribution in [0.5, 0.6) is 0 Å². The summed E-state index contributed by atoms with van der Waals surface area (Å²) in [5.41, 5.74) is 0.0745. The van der Waals surface area contributed by atoms with Crippen LogP contribution in [0.15, 0.2) is 23.6 Å². The molecule has 1 N–H and O–H groups in total. The molecule has 2 aromatic rings. The van der Waals surface area contributed by atoms with Gasteiger partial charge in [0.05, 0.1) is 6.04 Å². The van der Waals surface area contributed by atoms with E-state index in [9.17, 15) is 18.0 Å². The zero-order valence-corrected chi connectivity index (χ0v) is 14.1. The van der Waals surface area contributed by atoms with E-state index in [4.69, 9.17) is 0 Å².